The Morgan fingerprint density at radius 3 is 2.82 bits per heavy atom. The van der Waals surface area contributed by atoms with Crippen LogP contribution in [0.4, 0.5) is 4.79 Å². The topological polar surface area (TPSA) is 93.5 Å². The molecule has 1 aromatic heterocycles. The molecule has 7 nitrogen and oxygen atoms in total. The molecule has 0 saturated carbocycles. The van der Waals surface area contributed by atoms with Gasteiger partial charge >= 0.3 is 12.1 Å². The first-order valence-corrected chi connectivity index (χ1v) is 5.21. The fourth-order valence-corrected chi connectivity index (χ4v) is 1.91. The Labute approximate surface area is 97.4 Å². The molecular formula is C10H13N3O4. The molecular weight excluding hydrogens is 226 g/mol. The normalized spacial score (nSPS) is 18.9. The Hall–Kier alpha value is -2.05. The van der Waals surface area contributed by atoms with E-state index < -0.39 is 12.1 Å². The Morgan fingerprint density at radius 2 is 2.35 bits per heavy atom. The number of carbonyl (C=O) groups excluding carboxylic acids is 1. The molecule has 1 unspecified atom stereocenters. The maximum atomic E-state index is 11.0. The summed E-state index contributed by atoms with van der Waals surface area (Å²) in [4.78, 5) is 21.8. The molecule has 2 N–H and O–H groups in total. The van der Waals surface area contributed by atoms with Gasteiger partial charge in [0.05, 0.1) is 24.5 Å². The van der Waals surface area contributed by atoms with Crippen LogP contribution in [0.3, 0.4) is 0 Å². The number of carboxylic acid groups (broad SMARTS) is 1. The van der Waals surface area contributed by atoms with E-state index in [-0.39, 0.29) is 11.7 Å². The standard InChI is InChI=1S/C10H13N3O4/c1-5-8(9(14)15)6(2)13(12-5)4-7-3-11-10(16)17-7/h7H,3-4H2,1-2H3,(H,11,16)(H,14,15). The third-order valence-electron chi connectivity index (χ3n) is 2.72. The van der Waals surface area contributed by atoms with Crippen molar-refractivity contribution in [2.75, 3.05) is 6.54 Å². The van der Waals surface area contributed by atoms with Crippen LogP contribution in [0.25, 0.3) is 0 Å². The van der Waals surface area contributed by atoms with Gasteiger partial charge < -0.3 is 15.2 Å². The number of carbonyl (C=O) groups is 2. The molecule has 0 bridgehead atoms. The zero-order valence-electron chi connectivity index (χ0n) is 9.56. The number of hydrogen-bond donors (Lipinski definition) is 2. The van der Waals surface area contributed by atoms with Crippen molar-refractivity contribution in [3.63, 3.8) is 0 Å². The Bertz CT molecular complexity index is 480. The summed E-state index contributed by atoms with van der Waals surface area (Å²) in [6.45, 7) is 4.11. The summed E-state index contributed by atoms with van der Waals surface area (Å²) >= 11 is 0. The molecule has 1 aliphatic heterocycles. The second-order valence-electron chi connectivity index (χ2n) is 3.94. The van der Waals surface area contributed by atoms with E-state index in [2.05, 4.69) is 10.4 Å². The SMILES string of the molecule is Cc1nn(CC2CNC(=O)O2)c(C)c1C(=O)O. The van der Waals surface area contributed by atoms with Crippen molar-refractivity contribution in [1.29, 1.82) is 0 Å². The highest BCUT2D eigenvalue weighted by molar-refractivity contribution is 5.90. The van der Waals surface area contributed by atoms with Gasteiger partial charge in [-0.05, 0) is 13.8 Å². The van der Waals surface area contributed by atoms with Crippen LogP contribution < -0.4 is 5.32 Å². The van der Waals surface area contributed by atoms with E-state index in [1.807, 2.05) is 0 Å². The van der Waals surface area contributed by atoms with Gasteiger partial charge in [-0.25, -0.2) is 9.59 Å². The van der Waals surface area contributed by atoms with Crippen LogP contribution in [0.15, 0.2) is 0 Å². The fraction of sp³-hybridized carbons (Fsp3) is 0.500. The number of ether oxygens (including phenoxy) is 1. The van der Waals surface area contributed by atoms with E-state index in [9.17, 15) is 9.59 Å². The van der Waals surface area contributed by atoms with Crippen molar-refractivity contribution in [1.82, 2.24) is 15.1 Å². The van der Waals surface area contributed by atoms with Crippen molar-refractivity contribution in [3.8, 4) is 0 Å². The molecule has 0 radical (unpaired) electrons. The third-order valence-corrected chi connectivity index (χ3v) is 2.72. The lowest BCUT2D eigenvalue weighted by Gasteiger charge is -2.09. The highest BCUT2D eigenvalue weighted by Gasteiger charge is 2.25. The van der Waals surface area contributed by atoms with Gasteiger partial charge in [-0.15, -0.1) is 0 Å². The minimum absolute atomic E-state index is 0.210. The third kappa shape index (κ3) is 2.08. The van der Waals surface area contributed by atoms with Gasteiger partial charge in [-0.3, -0.25) is 4.68 Å². The van der Waals surface area contributed by atoms with E-state index in [1.54, 1.807) is 18.5 Å². The maximum Gasteiger partial charge on any atom is 0.407 e. The summed E-state index contributed by atoms with van der Waals surface area (Å²) < 4.78 is 6.53. The predicted octanol–water partition coefficient (Wildman–Crippen LogP) is 0.307. The number of alkyl carbamates (subject to hydrolysis) is 1. The second-order valence-corrected chi connectivity index (χ2v) is 3.94. The first-order chi connectivity index (χ1) is 7.99. The smallest absolute Gasteiger partial charge is 0.407 e. The molecule has 17 heavy (non-hydrogen) atoms. The van der Waals surface area contributed by atoms with Crippen molar-refractivity contribution < 1.29 is 19.4 Å². The monoisotopic (exact) mass is 239 g/mol. The number of aromatic carboxylic acids is 1. The average molecular weight is 239 g/mol. The summed E-state index contributed by atoms with van der Waals surface area (Å²) in [5.74, 6) is -0.993. The minimum atomic E-state index is -0.993. The molecule has 0 aliphatic carbocycles. The van der Waals surface area contributed by atoms with Crippen molar-refractivity contribution >= 4 is 12.1 Å². The van der Waals surface area contributed by atoms with Gasteiger partial charge in [-0.2, -0.15) is 5.10 Å². The van der Waals surface area contributed by atoms with Gasteiger partial charge in [0.1, 0.15) is 11.7 Å². The highest BCUT2D eigenvalue weighted by atomic mass is 16.6. The maximum absolute atomic E-state index is 11.0. The van der Waals surface area contributed by atoms with E-state index in [1.165, 1.54) is 0 Å². The molecule has 2 heterocycles. The van der Waals surface area contributed by atoms with E-state index >= 15 is 0 Å². The number of nitrogens with one attached hydrogen (secondary N) is 1. The van der Waals surface area contributed by atoms with Crippen molar-refractivity contribution in [2.24, 2.45) is 0 Å². The summed E-state index contributed by atoms with van der Waals surface area (Å²) in [7, 11) is 0. The zero-order valence-corrected chi connectivity index (χ0v) is 9.56. The first kappa shape index (κ1) is 11.4. The lowest BCUT2D eigenvalue weighted by molar-refractivity contribution is 0.0694. The summed E-state index contributed by atoms with van der Waals surface area (Å²) in [5, 5.41) is 15.7. The number of hydrogen-bond acceptors (Lipinski definition) is 4. The van der Waals surface area contributed by atoms with Gasteiger partial charge in [0, 0.05) is 0 Å². The van der Waals surface area contributed by atoms with Crippen LogP contribution in [-0.4, -0.2) is 39.6 Å². The number of carboxylic acids is 1. The summed E-state index contributed by atoms with van der Waals surface area (Å²) in [5.41, 5.74) is 1.24. The lowest BCUT2D eigenvalue weighted by Crippen LogP contribution is -2.22. The Balaban J connectivity index is 2.19. The zero-order chi connectivity index (χ0) is 12.6. The molecule has 7 heteroatoms. The molecule has 92 valence electrons. The van der Waals surface area contributed by atoms with Crippen LogP contribution in [0, 0.1) is 13.8 Å². The van der Waals surface area contributed by atoms with Crippen LogP contribution in [0.2, 0.25) is 0 Å². The van der Waals surface area contributed by atoms with Gasteiger partial charge in [0.25, 0.3) is 0 Å². The van der Waals surface area contributed by atoms with Gasteiger partial charge in [-0.1, -0.05) is 0 Å². The van der Waals surface area contributed by atoms with Crippen molar-refractivity contribution in [2.45, 2.75) is 26.5 Å². The molecule has 1 atom stereocenters. The molecule has 2 rings (SSSR count). The molecule has 1 fully saturated rings. The number of amides is 1. The van der Waals surface area contributed by atoms with Gasteiger partial charge in [0.15, 0.2) is 0 Å². The Kier molecular flexibility index (Phi) is 2.74. The van der Waals surface area contributed by atoms with E-state index in [0.29, 0.717) is 24.5 Å². The molecule has 1 amide bonds. The Morgan fingerprint density at radius 1 is 1.65 bits per heavy atom. The van der Waals surface area contributed by atoms with Crippen LogP contribution in [0.5, 0.6) is 0 Å². The number of nitrogens with zero attached hydrogens (tertiary/aromatic N) is 2. The quantitative estimate of drug-likeness (QED) is 0.791. The number of cyclic esters (lactones) is 1. The molecule has 0 aromatic carbocycles. The van der Waals surface area contributed by atoms with Crippen molar-refractivity contribution in [3.05, 3.63) is 17.0 Å². The molecule has 1 saturated heterocycles. The molecule has 0 spiro atoms. The molecule has 1 aromatic rings. The van der Waals surface area contributed by atoms with Crippen LogP contribution >= 0.6 is 0 Å². The molecule has 1 aliphatic rings. The van der Waals surface area contributed by atoms with E-state index in [0.717, 1.165) is 0 Å². The fourth-order valence-electron chi connectivity index (χ4n) is 1.91. The number of aromatic nitrogens is 2. The van der Waals surface area contributed by atoms with E-state index in [4.69, 9.17) is 9.84 Å². The van der Waals surface area contributed by atoms with Crippen LogP contribution in [0.1, 0.15) is 21.7 Å². The minimum Gasteiger partial charge on any atom is -0.478 e. The average Bonchev–Trinajstić information content (AvgIpc) is 2.73. The first-order valence-electron chi connectivity index (χ1n) is 5.21. The second kappa shape index (κ2) is 4.08. The number of aryl methyl sites for hydroxylation is 1. The largest absolute Gasteiger partial charge is 0.478 e. The summed E-state index contributed by atoms with van der Waals surface area (Å²) in [6.07, 6.45) is -0.753. The van der Waals surface area contributed by atoms with Gasteiger partial charge in [0.2, 0.25) is 0 Å². The van der Waals surface area contributed by atoms with Crippen LogP contribution in [-0.2, 0) is 11.3 Å². The highest BCUT2D eigenvalue weighted by Crippen LogP contribution is 2.14. The summed E-state index contributed by atoms with van der Waals surface area (Å²) in [6, 6.07) is 0. The lowest BCUT2D eigenvalue weighted by atomic mass is 10.2. The predicted molar refractivity (Wildman–Crippen MR) is 56.9 cm³/mol. The number of rotatable bonds is 3.